The van der Waals surface area contributed by atoms with Gasteiger partial charge in [-0.1, -0.05) is 115 Å². The van der Waals surface area contributed by atoms with Gasteiger partial charge < -0.3 is 13.7 Å². The van der Waals surface area contributed by atoms with Crippen molar-refractivity contribution in [1.82, 2.24) is 0 Å². The summed E-state index contributed by atoms with van der Waals surface area (Å²) in [6.07, 6.45) is 0. The molecule has 3 heteroatoms. The van der Waals surface area contributed by atoms with E-state index in [9.17, 15) is 0 Å². The quantitative estimate of drug-likeness (QED) is 0.179. The molecule has 2 heterocycles. The van der Waals surface area contributed by atoms with E-state index in [2.05, 4.69) is 169 Å². The second kappa shape index (κ2) is 11.9. The van der Waals surface area contributed by atoms with Crippen molar-refractivity contribution < 1.29 is 8.83 Å². The largest absolute Gasteiger partial charge is 0.456 e. The molecule has 0 bridgehead atoms. The number of nitrogens with zero attached hydrogens (tertiary/aromatic N) is 1. The minimum Gasteiger partial charge on any atom is -0.456 e. The first-order valence-electron chi connectivity index (χ1n) is 17.2. The molecule has 240 valence electrons. The SMILES string of the molecule is c1ccc(-c2ccc(N(c3ccc(-c4ccc5oc6ccccc6c5c4)cc3)c3ccc(-c4ccc5oc6ccccc6c5c4)cc3)cc2)cc1. The molecule has 10 rings (SSSR count). The summed E-state index contributed by atoms with van der Waals surface area (Å²) in [5.74, 6) is 0. The van der Waals surface area contributed by atoms with E-state index in [4.69, 9.17) is 8.83 Å². The number of anilines is 3. The number of benzene rings is 8. The van der Waals surface area contributed by atoms with Crippen molar-refractivity contribution in [3.63, 3.8) is 0 Å². The smallest absolute Gasteiger partial charge is 0.135 e. The first kappa shape index (κ1) is 29.1. The third-order valence-electron chi connectivity index (χ3n) is 9.90. The summed E-state index contributed by atoms with van der Waals surface area (Å²) in [5, 5.41) is 4.54. The van der Waals surface area contributed by atoms with Crippen LogP contribution in [0.2, 0.25) is 0 Å². The van der Waals surface area contributed by atoms with Crippen molar-refractivity contribution in [2.75, 3.05) is 4.90 Å². The van der Waals surface area contributed by atoms with E-state index in [-0.39, 0.29) is 0 Å². The van der Waals surface area contributed by atoms with Crippen molar-refractivity contribution >= 4 is 60.9 Å². The molecule has 0 unspecified atom stereocenters. The molecule has 0 aliphatic rings. The van der Waals surface area contributed by atoms with Crippen LogP contribution < -0.4 is 4.90 Å². The second-order valence-corrected chi connectivity index (χ2v) is 13.0. The summed E-state index contributed by atoms with van der Waals surface area (Å²) in [5.41, 5.74) is 13.9. The topological polar surface area (TPSA) is 29.5 Å². The molecule has 0 saturated heterocycles. The van der Waals surface area contributed by atoms with E-state index < -0.39 is 0 Å². The molecule has 51 heavy (non-hydrogen) atoms. The minimum absolute atomic E-state index is 0.906. The molecule has 0 radical (unpaired) electrons. The molecule has 0 spiro atoms. The van der Waals surface area contributed by atoms with E-state index >= 15 is 0 Å². The van der Waals surface area contributed by atoms with Crippen LogP contribution in [0, 0.1) is 0 Å². The fourth-order valence-corrected chi connectivity index (χ4v) is 7.30. The standard InChI is InChI=1S/C48H31NO2/c1-2-8-32(9-3-1)33-14-22-38(23-15-33)49(39-24-16-34(17-25-39)36-20-28-47-43(30-36)41-10-4-6-12-45(41)50-47)40-26-18-35(19-27-40)37-21-29-48-44(31-37)42-11-5-7-13-46(42)51-48/h1-31H. The lowest BCUT2D eigenvalue weighted by Gasteiger charge is -2.26. The second-order valence-electron chi connectivity index (χ2n) is 13.0. The predicted molar refractivity (Wildman–Crippen MR) is 212 cm³/mol. The number of rotatable bonds is 6. The van der Waals surface area contributed by atoms with Gasteiger partial charge in [-0.2, -0.15) is 0 Å². The summed E-state index contributed by atoms with van der Waals surface area (Å²) in [6, 6.07) is 66.4. The van der Waals surface area contributed by atoms with Crippen LogP contribution in [0.4, 0.5) is 17.1 Å². The third-order valence-corrected chi connectivity index (χ3v) is 9.90. The van der Waals surface area contributed by atoms with Gasteiger partial charge in [0.05, 0.1) is 0 Å². The van der Waals surface area contributed by atoms with Crippen LogP contribution in [0.15, 0.2) is 197 Å². The van der Waals surface area contributed by atoms with Gasteiger partial charge in [0, 0.05) is 38.6 Å². The van der Waals surface area contributed by atoms with Gasteiger partial charge in [-0.25, -0.2) is 0 Å². The maximum absolute atomic E-state index is 6.09. The molecule has 0 saturated carbocycles. The predicted octanol–water partition coefficient (Wildman–Crippen LogP) is 14.0. The Hall–Kier alpha value is -6.84. The van der Waals surface area contributed by atoms with Crippen LogP contribution in [-0.2, 0) is 0 Å². The van der Waals surface area contributed by atoms with E-state index in [1.165, 1.54) is 11.1 Å². The van der Waals surface area contributed by atoms with Crippen LogP contribution in [-0.4, -0.2) is 0 Å². The van der Waals surface area contributed by atoms with Crippen LogP contribution in [0.1, 0.15) is 0 Å². The molecular formula is C48H31NO2. The van der Waals surface area contributed by atoms with Gasteiger partial charge in [-0.05, 0) is 106 Å². The Kier molecular flexibility index (Phi) is 6.81. The fraction of sp³-hybridized carbons (Fsp3) is 0. The van der Waals surface area contributed by atoms with Gasteiger partial charge in [-0.3, -0.25) is 0 Å². The zero-order valence-electron chi connectivity index (χ0n) is 27.7. The highest BCUT2D eigenvalue weighted by Crippen LogP contribution is 2.39. The maximum Gasteiger partial charge on any atom is 0.135 e. The molecular weight excluding hydrogens is 623 g/mol. The van der Waals surface area contributed by atoms with Crippen molar-refractivity contribution in [2.24, 2.45) is 0 Å². The first-order chi connectivity index (χ1) is 25.2. The number of hydrogen-bond donors (Lipinski definition) is 0. The molecule has 0 N–H and O–H groups in total. The monoisotopic (exact) mass is 653 g/mol. The highest BCUT2D eigenvalue weighted by Gasteiger charge is 2.15. The summed E-state index contributed by atoms with van der Waals surface area (Å²) in [4.78, 5) is 2.32. The summed E-state index contributed by atoms with van der Waals surface area (Å²) < 4.78 is 12.2. The lowest BCUT2D eigenvalue weighted by molar-refractivity contribution is 0.668. The minimum atomic E-state index is 0.906. The molecule has 3 nitrogen and oxygen atoms in total. The lowest BCUT2D eigenvalue weighted by Crippen LogP contribution is -2.09. The molecule has 0 atom stereocenters. The van der Waals surface area contributed by atoms with Crippen molar-refractivity contribution in [3.8, 4) is 33.4 Å². The van der Waals surface area contributed by atoms with Crippen LogP contribution in [0.5, 0.6) is 0 Å². The van der Waals surface area contributed by atoms with Crippen molar-refractivity contribution in [2.45, 2.75) is 0 Å². The highest BCUT2D eigenvalue weighted by molar-refractivity contribution is 6.07. The van der Waals surface area contributed by atoms with Crippen LogP contribution in [0.3, 0.4) is 0 Å². The van der Waals surface area contributed by atoms with Gasteiger partial charge in [0.15, 0.2) is 0 Å². The first-order valence-corrected chi connectivity index (χ1v) is 17.2. The Balaban J connectivity index is 1.02. The lowest BCUT2D eigenvalue weighted by atomic mass is 10.0. The molecule has 0 aliphatic carbocycles. The maximum atomic E-state index is 6.09. The van der Waals surface area contributed by atoms with Crippen molar-refractivity contribution in [3.05, 3.63) is 188 Å². The van der Waals surface area contributed by atoms with Gasteiger partial charge in [0.25, 0.3) is 0 Å². The molecule has 10 aromatic rings. The van der Waals surface area contributed by atoms with E-state index in [1.54, 1.807) is 0 Å². The number of para-hydroxylation sites is 2. The summed E-state index contributed by atoms with van der Waals surface area (Å²) in [6.45, 7) is 0. The van der Waals surface area contributed by atoms with Gasteiger partial charge >= 0.3 is 0 Å². The summed E-state index contributed by atoms with van der Waals surface area (Å²) in [7, 11) is 0. The number of furan rings is 2. The molecule has 2 aromatic heterocycles. The van der Waals surface area contributed by atoms with E-state index in [0.717, 1.165) is 83.2 Å². The Morgan fingerprint density at radius 2 is 0.588 bits per heavy atom. The number of fused-ring (bicyclic) bond motifs is 6. The average molecular weight is 654 g/mol. The third kappa shape index (κ3) is 5.15. The van der Waals surface area contributed by atoms with E-state index in [0.29, 0.717) is 0 Å². The van der Waals surface area contributed by atoms with Crippen LogP contribution >= 0.6 is 0 Å². The Morgan fingerprint density at radius 3 is 1.04 bits per heavy atom. The zero-order chi connectivity index (χ0) is 33.7. The van der Waals surface area contributed by atoms with E-state index in [1.807, 2.05) is 24.3 Å². The highest BCUT2D eigenvalue weighted by atomic mass is 16.3. The Labute approximate surface area is 295 Å². The van der Waals surface area contributed by atoms with Gasteiger partial charge in [0.2, 0.25) is 0 Å². The Morgan fingerprint density at radius 1 is 0.255 bits per heavy atom. The molecule has 0 fully saturated rings. The molecule has 0 aliphatic heterocycles. The fourth-order valence-electron chi connectivity index (χ4n) is 7.30. The normalized spacial score (nSPS) is 11.5. The summed E-state index contributed by atoms with van der Waals surface area (Å²) >= 11 is 0. The van der Waals surface area contributed by atoms with Gasteiger partial charge in [-0.15, -0.1) is 0 Å². The molecule has 0 amide bonds. The zero-order valence-corrected chi connectivity index (χ0v) is 27.7. The molecule has 8 aromatic carbocycles. The Bertz CT molecular complexity index is 2670. The van der Waals surface area contributed by atoms with Gasteiger partial charge in [0.1, 0.15) is 22.3 Å². The average Bonchev–Trinajstić information content (AvgIpc) is 3.77. The van der Waals surface area contributed by atoms with Crippen LogP contribution in [0.25, 0.3) is 77.3 Å². The van der Waals surface area contributed by atoms with Crippen molar-refractivity contribution in [1.29, 1.82) is 0 Å². The number of hydrogen-bond acceptors (Lipinski definition) is 3.